The summed E-state index contributed by atoms with van der Waals surface area (Å²) in [6, 6.07) is 7.79. The Bertz CT molecular complexity index is 378. The molecule has 1 radical (unpaired) electrons. The third-order valence-corrected chi connectivity index (χ3v) is 2.09. The van der Waals surface area contributed by atoms with Gasteiger partial charge in [0.05, 0.1) is 0 Å². The molecular formula is C14H23N2O2WY-. The summed E-state index contributed by atoms with van der Waals surface area (Å²) >= 11 is 0. The summed E-state index contributed by atoms with van der Waals surface area (Å²) in [7, 11) is 0. The minimum absolute atomic E-state index is 0. The summed E-state index contributed by atoms with van der Waals surface area (Å²) in [5.74, 6) is 0. The molecule has 6 heteroatoms. The summed E-state index contributed by atoms with van der Waals surface area (Å²) in [6.07, 6.45) is -0.402. The van der Waals surface area contributed by atoms with E-state index < -0.39 is 11.7 Å². The van der Waals surface area contributed by atoms with Crippen molar-refractivity contribution in [2.75, 3.05) is 0 Å². The monoisotopic (exact) mass is 524 g/mol. The molecule has 1 amide bonds. The van der Waals surface area contributed by atoms with Crippen LogP contribution in [0.15, 0.2) is 24.3 Å². The van der Waals surface area contributed by atoms with Gasteiger partial charge in [0.1, 0.15) is 5.60 Å². The number of nitrogens with one attached hydrogen (secondary N) is 1. The minimum Gasteiger partial charge on any atom is -0.444 e. The Morgan fingerprint density at radius 1 is 1.20 bits per heavy atom. The number of benzene rings is 1. The largest absolute Gasteiger partial charge is 0.444 e. The molecule has 111 valence electrons. The van der Waals surface area contributed by atoms with Crippen molar-refractivity contribution >= 4 is 6.09 Å². The zero-order chi connectivity index (χ0) is 12.9. The van der Waals surface area contributed by atoms with Crippen LogP contribution in [0.2, 0.25) is 0 Å². The number of hydrogen-bond acceptors (Lipinski definition) is 3. The van der Waals surface area contributed by atoms with Gasteiger partial charge < -0.3 is 23.2 Å². The predicted molar refractivity (Wildman–Crippen MR) is 73.8 cm³/mol. The Kier molecular flexibility index (Phi) is 14.9. The molecule has 0 aromatic heterocycles. The predicted octanol–water partition coefficient (Wildman–Crippen LogP) is 2.62. The number of alkyl carbamates (subject to hydrolysis) is 1. The number of carbonyl (C=O) groups is 1. The van der Waals surface area contributed by atoms with Crippen molar-refractivity contribution in [3.63, 3.8) is 0 Å². The van der Waals surface area contributed by atoms with Gasteiger partial charge in [0.15, 0.2) is 0 Å². The Morgan fingerprint density at radius 3 is 2.05 bits per heavy atom. The average Bonchev–Trinajstić information content (AvgIpc) is 2.25. The molecule has 0 aliphatic rings. The Labute approximate surface area is 161 Å². The number of rotatable bonds is 3. The third-order valence-electron chi connectivity index (χ3n) is 2.09. The van der Waals surface area contributed by atoms with Crippen LogP contribution in [0.25, 0.3) is 0 Å². The standard InChI is InChI=1S/C13H20N2O2.CH3.W.Y/c1-13(2,3)17-12(16)15-9-11-6-4-10(8-14)5-7-11;;;/h4-7H,8-9,14H2,1-3H3,(H,15,16);1H3;;/q;-1;;. The second-order valence-corrected chi connectivity index (χ2v) is 4.88. The van der Waals surface area contributed by atoms with E-state index in [4.69, 9.17) is 10.5 Å². The van der Waals surface area contributed by atoms with E-state index >= 15 is 0 Å². The topological polar surface area (TPSA) is 64.3 Å². The Morgan fingerprint density at radius 2 is 1.65 bits per heavy atom. The van der Waals surface area contributed by atoms with E-state index in [1.165, 1.54) is 0 Å². The molecule has 1 rings (SSSR count). The maximum absolute atomic E-state index is 11.4. The second-order valence-electron chi connectivity index (χ2n) is 4.88. The molecule has 20 heavy (non-hydrogen) atoms. The molecule has 0 saturated heterocycles. The molecule has 0 fully saturated rings. The van der Waals surface area contributed by atoms with Crippen LogP contribution in [0.5, 0.6) is 0 Å². The van der Waals surface area contributed by atoms with Gasteiger partial charge in [-0.3, -0.25) is 0 Å². The van der Waals surface area contributed by atoms with Crippen LogP contribution < -0.4 is 11.1 Å². The van der Waals surface area contributed by atoms with Crippen molar-refractivity contribution in [2.24, 2.45) is 5.73 Å². The van der Waals surface area contributed by atoms with Gasteiger partial charge in [-0.15, -0.1) is 0 Å². The molecule has 0 unspecified atom stereocenters. The normalized spacial score (nSPS) is 9.40. The number of amides is 1. The summed E-state index contributed by atoms with van der Waals surface area (Å²) < 4.78 is 5.13. The summed E-state index contributed by atoms with van der Waals surface area (Å²) in [5.41, 5.74) is 7.13. The first kappa shape index (κ1) is 25.2. The Hall–Kier alpha value is 0.242. The average molecular weight is 524 g/mol. The SMILES string of the molecule is CC(C)(C)OC(=O)NCc1ccc(CN)cc1.[CH3-].[W].[Y]. The van der Waals surface area contributed by atoms with Crippen molar-refractivity contribution in [1.29, 1.82) is 0 Å². The van der Waals surface area contributed by atoms with Gasteiger partial charge in [-0.1, -0.05) is 24.3 Å². The van der Waals surface area contributed by atoms with Gasteiger partial charge in [0, 0.05) is 66.9 Å². The third kappa shape index (κ3) is 11.0. The summed E-state index contributed by atoms with van der Waals surface area (Å²) in [4.78, 5) is 11.4. The van der Waals surface area contributed by atoms with Gasteiger partial charge in [-0.2, -0.15) is 0 Å². The summed E-state index contributed by atoms with van der Waals surface area (Å²) in [5, 5.41) is 2.70. The smallest absolute Gasteiger partial charge is 0.407 e. The first-order chi connectivity index (χ1) is 7.90. The van der Waals surface area contributed by atoms with E-state index in [9.17, 15) is 4.79 Å². The van der Waals surface area contributed by atoms with Crippen molar-refractivity contribution in [1.82, 2.24) is 5.32 Å². The van der Waals surface area contributed by atoms with Crippen LogP contribution in [-0.2, 0) is 71.6 Å². The molecule has 1 aromatic rings. The molecule has 3 N–H and O–H groups in total. The van der Waals surface area contributed by atoms with E-state index in [1.807, 2.05) is 45.0 Å². The van der Waals surface area contributed by atoms with Crippen LogP contribution in [-0.4, -0.2) is 11.7 Å². The number of ether oxygens (including phenoxy) is 1. The molecule has 4 nitrogen and oxygen atoms in total. The van der Waals surface area contributed by atoms with E-state index in [0.717, 1.165) is 11.1 Å². The molecule has 0 bridgehead atoms. The van der Waals surface area contributed by atoms with E-state index in [1.54, 1.807) is 0 Å². The van der Waals surface area contributed by atoms with Crippen LogP contribution >= 0.6 is 0 Å². The van der Waals surface area contributed by atoms with E-state index in [0.29, 0.717) is 13.1 Å². The Balaban J connectivity index is -0.000000963. The van der Waals surface area contributed by atoms with Gasteiger partial charge >= 0.3 is 6.09 Å². The van der Waals surface area contributed by atoms with Gasteiger partial charge in [0.25, 0.3) is 0 Å². The minimum atomic E-state index is -0.465. The molecule has 1 aromatic carbocycles. The number of nitrogens with two attached hydrogens (primary N) is 1. The fraction of sp³-hybridized carbons (Fsp3) is 0.429. The van der Waals surface area contributed by atoms with Crippen molar-refractivity contribution in [2.45, 2.75) is 39.5 Å². The van der Waals surface area contributed by atoms with Gasteiger partial charge in [-0.25, -0.2) is 4.79 Å². The molecule has 0 aliphatic carbocycles. The molecule has 0 heterocycles. The van der Waals surface area contributed by atoms with Crippen LogP contribution in [0.1, 0.15) is 31.9 Å². The number of carbonyl (C=O) groups excluding carboxylic acids is 1. The second kappa shape index (κ2) is 11.9. The van der Waals surface area contributed by atoms with Crippen molar-refractivity contribution < 1.29 is 63.3 Å². The molecule has 0 aliphatic heterocycles. The molecule has 0 atom stereocenters. The zero-order valence-corrected chi connectivity index (χ0v) is 18.4. The first-order valence-corrected chi connectivity index (χ1v) is 5.65. The van der Waals surface area contributed by atoms with Crippen LogP contribution in [0, 0.1) is 7.43 Å². The summed E-state index contributed by atoms with van der Waals surface area (Å²) in [6.45, 7) is 6.49. The molecule has 0 saturated carbocycles. The maximum atomic E-state index is 11.4. The number of hydrogen-bond donors (Lipinski definition) is 2. The van der Waals surface area contributed by atoms with E-state index in [-0.39, 0.29) is 61.2 Å². The van der Waals surface area contributed by atoms with Crippen LogP contribution in [0.4, 0.5) is 4.79 Å². The maximum Gasteiger partial charge on any atom is 0.407 e. The molecule has 0 spiro atoms. The van der Waals surface area contributed by atoms with Crippen molar-refractivity contribution in [3.05, 3.63) is 42.8 Å². The van der Waals surface area contributed by atoms with Crippen molar-refractivity contribution in [3.8, 4) is 0 Å². The van der Waals surface area contributed by atoms with Gasteiger partial charge in [0.2, 0.25) is 0 Å². The van der Waals surface area contributed by atoms with Gasteiger partial charge in [-0.05, 0) is 31.9 Å². The van der Waals surface area contributed by atoms with E-state index in [2.05, 4.69) is 5.32 Å². The first-order valence-electron chi connectivity index (χ1n) is 5.65. The zero-order valence-electron chi connectivity index (χ0n) is 12.6. The fourth-order valence-electron chi connectivity index (χ4n) is 1.28. The van der Waals surface area contributed by atoms with Crippen LogP contribution in [0.3, 0.4) is 0 Å². The fourth-order valence-corrected chi connectivity index (χ4v) is 1.28. The quantitative estimate of drug-likeness (QED) is 0.599. The molecular weight excluding hydrogens is 501 g/mol.